The van der Waals surface area contributed by atoms with E-state index in [-0.39, 0.29) is 30.2 Å². The van der Waals surface area contributed by atoms with Crippen LogP contribution in [-0.4, -0.2) is 41.8 Å². The van der Waals surface area contributed by atoms with Gasteiger partial charge in [-0.1, -0.05) is 112 Å². The summed E-state index contributed by atoms with van der Waals surface area (Å²) >= 11 is 0. The van der Waals surface area contributed by atoms with Gasteiger partial charge in [0.2, 0.25) is 0 Å². The Hall–Kier alpha value is -2.56. The first-order chi connectivity index (χ1) is 18.2. The number of nitrogens with zero attached hydrogens (tertiary/aromatic N) is 1. The van der Waals surface area contributed by atoms with E-state index in [2.05, 4.69) is 87.3 Å². The molecule has 204 valence electrons. The molecule has 1 N–H and O–H groups in total. The summed E-state index contributed by atoms with van der Waals surface area (Å²) in [5.41, 5.74) is 4.33. The van der Waals surface area contributed by atoms with E-state index in [9.17, 15) is 9.90 Å². The van der Waals surface area contributed by atoms with Crippen LogP contribution in [-0.2, 0) is 26.6 Å². The van der Waals surface area contributed by atoms with Gasteiger partial charge < -0.3 is 14.0 Å². The highest BCUT2D eigenvalue weighted by atomic mass is 28.2. The van der Waals surface area contributed by atoms with E-state index < -0.39 is 25.5 Å². The van der Waals surface area contributed by atoms with E-state index in [0.29, 0.717) is 6.54 Å². The third-order valence-corrected chi connectivity index (χ3v) is 8.30. The van der Waals surface area contributed by atoms with Crippen LogP contribution >= 0.6 is 0 Å². The number of carboxylic acids is 1. The second-order valence-electron chi connectivity index (χ2n) is 10.5. The summed E-state index contributed by atoms with van der Waals surface area (Å²) in [5.74, 6) is -0.804. The molecule has 3 rings (SSSR count). The van der Waals surface area contributed by atoms with Gasteiger partial charge in [-0.15, -0.1) is 0 Å². The maximum Gasteiger partial charge on any atom is 0.305 e. The molecule has 0 radical (unpaired) electrons. The summed E-state index contributed by atoms with van der Waals surface area (Å²) in [6, 6.07) is 28.8. The lowest BCUT2D eigenvalue weighted by Crippen LogP contribution is -2.37. The average molecular weight is 550 g/mol. The third kappa shape index (κ3) is 8.48. The van der Waals surface area contributed by atoms with E-state index in [0.717, 1.165) is 17.5 Å². The minimum Gasteiger partial charge on any atom is -0.481 e. The van der Waals surface area contributed by atoms with Crippen molar-refractivity contribution in [3.05, 3.63) is 107 Å². The number of carbonyl (C=O) groups is 1. The van der Waals surface area contributed by atoms with E-state index in [1.165, 1.54) is 11.1 Å². The van der Waals surface area contributed by atoms with Crippen LogP contribution in [0.5, 0.6) is 0 Å². The molecule has 0 fully saturated rings. The second kappa shape index (κ2) is 14.6. The Labute approximate surface area is 233 Å². The van der Waals surface area contributed by atoms with Gasteiger partial charge in [0.15, 0.2) is 19.5 Å². The molecule has 0 saturated heterocycles. The zero-order valence-electron chi connectivity index (χ0n) is 23.5. The lowest BCUT2D eigenvalue weighted by atomic mass is 9.84. The highest BCUT2D eigenvalue weighted by Crippen LogP contribution is 2.36. The van der Waals surface area contributed by atoms with Gasteiger partial charge in [-0.2, -0.15) is 0 Å². The normalized spacial score (nSPS) is 14.9. The van der Waals surface area contributed by atoms with E-state index in [1.54, 1.807) is 0 Å². The fourth-order valence-electron chi connectivity index (χ4n) is 5.15. The number of aliphatic carboxylic acids is 1. The molecule has 0 amide bonds. The molecule has 7 heteroatoms. The number of hydrogen-bond donors (Lipinski definition) is 1. The standard InChI is InChI=1S/C31H43NO4Si2/c1-23(26-16-10-7-11-17-26)32(22-24-13-8-6-9-14-24)28(20-29(33)34)27-18-12-15-25(19-27)21-31(2,3)30(35-37-4)36-38-5/h6-19,23,28,30H,20-22,37-38H2,1-5H3,(H,33,34)/t23-,28?/m0/s1. The quantitative estimate of drug-likeness (QED) is 0.196. The van der Waals surface area contributed by atoms with Crippen molar-refractivity contribution in [2.45, 2.75) is 71.6 Å². The monoisotopic (exact) mass is 549 g/mol. The average Bonchev–Trinajstić information content (AvgIpc) is 2.91. The largest absolute Gasteiger partial charge is 0.481 e. The van der Waals surface area contributed by atoms with Crippen LogP contribution in [0.1, 0.15) is 61.5 Å². The molecule has 3 aromatic rings. The van der Waals surface area contributed by atoms with Crippen LogP contribution in [0.2, 0.25) is 13.1 Å². The van der Waals surface area contributed by atoms with Crippen molar-refractivity contribution in [3.8, 4) is 0 Å². The Balaban J connectivity index is 2.00. The molecule has 5 nitrogen and oxygen atoms in total. The van der Waals surface area contributed by atoms with Gasteiger partial charge in [0, 0.05) is 24.0 Å². The Morgan fingerprint density at radius 2 is 1.42 bits per heavy atom. The van der Waals surface area contributed by atoms with Crippen molar-refractivity contribution >= 4 is 25.5 Å². The summed E-state index contributed by atoms with van der Waals surface area (Å²) in [6.07, 6.45) is 0.622. The van der Waals surface area contributed by atoms with Crippen molar-refractivity contribution < 1.29 is 18.8 Å². The van der Waals surface area contributed by atoms with Crippen molar-refractivity contribution in [2.75, 3.05) is 0 Å². The van der Waals surface area contributed by atoms with Crippen LogP contribution in [0.15, 0.2) is 84.9 Å². The molecule has 1 unspecified atom stereocenters. The first-order valence-corrected chi connectivity index (χ1v) is 17.6. The predicted molar refractivity (Wildman–Crippen MR) is 161 cm³/mol. The Morgan fingerprint density at radius 1 is 0.868 bits per heavy atom. The van der Waals surface area contributed by atoms with Crippen molar-refractivity contribution in [2.24, 2.45) is 5.41 Å². The molecule has 2 atom stereocenters. The molecular weight excluding hydrogens is 507 g/mol. The second-order valence-corrected chi connectivity index (χ2v) is 12.3. The van der Waals surface area contributed by atoms with E-state index in [1.807, 2.05) is 36.4 Å². The zero-order valence-corrected chi connectivity index (χ0v) is 26.3. The molecule has 0 aliphatic heterocycles. The maximum absolute atomic E-state index is 12.2. The highest BCUT2D eigenvalue weighted by Gasteiger charge is 2.32. The summed E-state index contributed by atoms with van der Waals surface area (Å²) in [4.78, 5) is 14.5. The molecule has 0 aromatic heterocycles. The van der Waals surface area contributed by atoms with Crippen LogP contribution in [0, 0.1) is 5.41 Å². The molecule has 0 aliphatic rings. The SMILES string of the molecule is C[SiH2]OC(O[SiH2]C)C(C)(C)Cc1cccc(C(CC(=O)O)N(Cc2ccccc2)[C@@H](C)c2ccccc2)c1. The number of benzene rings is 3. The Morgan fingerprint density at radius 3 is 2.00 bits per heavy atom. The van der Waals surface area contributed by atoms with E-state index >= 15 is 0 Å². The molecule has 0 heterocycles. The minimum absolute atomic E-state index is 0.0224. The number of carboxylic acid groups (broad SMARTS) is 1. The molecule has 0 bridgehead atoms. The lowest BCUT2D eigenvalue weighted by molar-refractivity contribution is -0.138. The molecule has 0 saturated carbocycles. The number of hydrogen-bond acceptors (Lipinski definition) is 4. The van der Waals surface area contributed by atoms with Crippen molar-refractivity contribution in [1.29, 1.82) is 0 Å². The highest BCUT2D eigenvalue weighted by molar-refractivity contribution is 6.26. The van der Waals surface area contributed by atoms with Crippen molar-refractivity contribution in [1.82, 2.24) is 4.90 Å². The third-order valence-electron chi connectivity index (χ3n) is 7.03. The van der Waals surface area contributed by atoms with Gasteiger partial charge in [-0.3, -0.25) is 9.69 Å². The fourth-order valence-corrected chi connectivity index (χ4v) is 7.04. The molecule has 38 heavy (non-hydrogen) atoms. The number of rotatable bonds is 15. The molecule has 3 aromatic carbocycles. The molecule has 0 spiro atoms. The first kappa shape index (κ1) is 30.0. The first-order valence-electron chi connectivity index (χ1n) is 13.6. The zero-order chi connectivity index (χ0) is 27.5. The molecular formula is C31H43NO4Si2. The predicted octanol–water partition coefficient (Wildman–Crippen LogP) is 5.66. The van der Waals surface area contributed by atoms with Gasteiger partial charge in [0.05, 0.1) is 6.42 Å². The minimum atomic E-state index is -0.804. The van der Waals surface area contributed by atoms with E-state index in [4.69, 9.17) is 8.85 Å². The Bertz CT molecular complexity index is 1120. The Kier molecular flexibility index (Phi) is 11.5. The van der Waals surface area contributed by atoms with Crippen LogP contribution in [0.3, 0.4) is 0 Å². The van der Waals surface area contributed by atoms with Gasteiger partial charge in [0.1, 0.15) is 6.29 Å². The van der Waals surface area contributed by atoms with Gasteiger partial charge in [-0.25, -0.2) is 0 Å². The van der Waals surface area contributed by atoms with Crippen LogP contribution < -0.4 is 0 Å². The fraction of sp³-hybridized carbons (Fsp3) is 0.387. The summed E-state index contributed by atoms with van der Waals surface area (Å²) in [7, 11) is -1.21. The summed E-state index contributed by atoms with van der Waals surface area (Å²) in [5, 5.41) is 10.0. The van der Waals surface area contributed by atoms with Crippen LogP contribution in [0.4, 0.5) is 0 Å². The summed E-state index contributed by atoms with van der Waals surface area (Å²) in [6.45, 7) is 11.5. The van der Waals surface area contributed by atoms with Gasteiger partial charge >= 0.3 is 5.97 Å². The van der Waals surface area contributed by atoms with Gasteiger partial charge in [0.25, 0.3) is 0 Å². The van der Waals surface area contributed by atoms with Crippen LogP contribution in [0.25, 0.3) is 0 Å². The lowest BCUT2D eigenvalue weighted by Gasteiger charge is -2.37. The topological polar surface area (TPSA) is 59.0 Å². The van der Waals surface area contributed by atoms with Crippen molar-refractivity contribution in [3.63, 3.8) is 0 Å². The summed E-state index contributed by atoms with van der Waals surface area (Å²) < 4.78 is 12.2. The molecule has 0 aliphatic carbocycles. The van der Waals surface area contributed by atoms with Gasteiger partial charge in [-0.05, 0) is 35.6 Å². The maximum atomic E-state index is 12.2. The smallest absolute Gasteiger partial charge is 0.305 e.